The summed E-state index contributed by atoms with van der Waals surface area (Å²) < 4.78 is 9.80. The van der Waals surface area contributed by atoms with Crippen LogP contribution >= 0.6 is 0 Å². The normalized spacial score (nSPS) is 9.57. The molecule has 41 valence electrons. The highest BCUT2D eigenvalue weighted by molar-refractivity contribution is 7.65. The van der Waals surface area contributed by atoms with Crippen molar-refractivity contribution < 1.29 is 4.21 Å². The molecule has 2 heteroatoms. The molecule has 0 aromatic rings. The van der Waals surface area contributed by atoms with Crippen molar-refractivity contribution in [1.29, 1.82) is 0 Å². The molecule has 0 aromatic carbocycles. The summed E-state index contributed by atoms with van der Waals surface area (Å²) in [6.07, 6.45) is 1.04. The van der Waals surface area contributed by atoms with Gasteiger partial charge in [-0.25, -0.2) is 0 Å². The van der Waals surface area contributed by atoms with Gasteiger partial charge in [0, 0.05) is 10.1 Å². The Kier molecular flexibility index (Phi) is 4.20. The average Bonchev–Trinajstić information content (AvgIpc) is 1.68. The van der Waals surface area contributed by atoms with E-state index in [0.29, 0.717) is 17.4 Å². The third-order valence-corrected chi connectivity index (χ3v) is 1.52. The van der Waals surface area contributed by atoms with Gasteiger partial charge in [-0.3, -0.25) is 0 Å². The molecule has 0 aromatic heterocycles. The molecule has 1 radical (unpaired) electrons. The fourth-order valence-electron chi connectivity index (χ4n) is 0.203. The van der Waals surface area contributed by atoms with Gasteiger partial charge in [-0.2, -0.15) is 0 Å². The van der Waals surface area contributed by atoms with Gasteiger partial charge in [0.25, 0.3) is 0 Å². The number of hydrogen-bond donors (Lipinski definition) is 0. The Bertz CT molecular complexity index is 54.0. The number of rotatable bonds is 3. The zero-order valence-corrected chi connectivity index (χ0v) is 5.55. The monoisotopic (exact) mass is 118 g/mol. The summed E-state index contributed by atoms with van der Waals surface area (Å²) in [5.41, 5.74) is 0. The summed E-state index contributed by atoms with van der Waals surface area (Å²) >= 11 is 0.647. The Labute approximate surface area is 48.6 Å². The van der Waals surface area contributed by atoms with Crippen molar-refractivity contribution in [1.82, 2.24) is 0 Å². The van der Waals surface area contributed by atoms with Crippen LogP contribution in [0.5, 0.6) is 0 Å². The topological polar surface area (TPSA) is 17.1 Å². The van der Waals surface area contributed by atoms with Gasteiger partial charge in [0.1, 0.15) is 0 Å². The summed E-state index contributed by atoms with van der Waals surface area (Å²) in [6, 6.07) is 0. The molecule has 0 unspecified atom stereocenters. The van der Waals surface area contributed by atoms with Crippen LogP contribution in [0.3, 0.4) is 0 Å². The second-order valence-corrected chi connectivity index (χ2v) is 2.10. The molecule has 0 saturated heterocycles. The van der Waals surface area contributed by atoms with E-state index in [-0.39, 0.29) is 0 Å². The Morgan fingerprint density at radius 2 is 2.29 bits per heavy atom. The zero-order chi connectivity index (χ0) is 5.70. The van der Waals surface area contributed by atoms with Gasteiger partial charge in [0.2, 0.25) is 5.75 Å². The molecule has 0 aliphatic heterocycles. The SMILES string of the molecule is CC[C](C)C[S+]=O. The first-order chi connectivity index (χ1) is 3.31. The molecule has 0 amide bonds. The van der Waals surface area contributed by atoms with Gasteiger partial charge < -0.3 is 0 Å². The summed E-state index contributed by atoms with van der Waals surface area (Å²) in [4.78, 5) is 0. The Morgan fingerprint density at radius 1 is 1.71 bits per heavy atom. The molecular formula is C5H10OS+. The van der Waals surface area contributed by atoms with Crippen LogP contribution in [-0.2, 0) is 15.9 Å². The van der Waals surface area contributed by atoms with E-state index in [4.69, 9.17) is 0 Å². The van der Waals surface area contributed by atoms with Crippen molar-refractivity contribution in [2.45, 2.75) is 20.3 Å². The molecule has 7 heavy (non-hydrogen) atoms. The Hall–Kier alpha value is 0.0200. The van der Waals surface area contributed by atoms with Crippen LogP contribution in [0.2, 0.25) is 0 Å². The molecular weight excluding hydrogens is 108 g/mol. The number of hydrogen-bond acceptors (Lipinski definition) is 1. The lowest BCUT2D eigenvalue weighted by Crippen LogP contribution is -1.93. The van der Waals surface area contributed by atoms with Crippen molar-refractivity contribution in [2.75, 3.05) is 5.75 Å². The van der Waals surface area contributed by atoms with Crippen LogP contribution in [0.25, 0.3) is 0 Å². The van der Waals surface area contributed by atoms with Gasteiger partial charge in [-0.15, -0.1) is 0 Å². The fraction of sp³-hybridized carbons (Fsp3) is 0.800. The van der Waals surface area contributed by atoms with E-state index in [0.717, 1.165) is 6.42 Å². The summed E-state index contributed by atoms with van der Waals surface area (Å²) in [6.45, 7) is 4.07. The van der Waals surface area contributed by atoms with Crippen molar-refractivity contribution in [3.8, 4) is 0 Å². The molecule has 0 atom stereocenters. The van der Waals surface area contributed by atoms with E-state index in [2.05, 4.69) is 6.92 Å². The lowest BCUT2D eigenvalue weighted by Gasteiger charge is -1.89. The predicted molar refractivity (Wildman–Crippen MR) is 32.1 cm³/mol. The van der Waals surface area contributed by atoms with Gasteiger partial charge in [0.15, 0.2) is 0 Å². The highest BCUT2D eigenvalue weighted by Crippen LogP contribution is 2.00. The molecule has 0 saturated carbocycles. The largest absolute Gasteiger partial charge is 0.459 e. The third kappa shape index (κ3) is 3.86. The average molecular weight is 118 g/mol. The third-order valence-electron chi connectivity index (χ3n) is 0.909. The minimum absolute atomic E-state index is 0.647. The molecule has 0 heterocycles. The highest BCUT2D eigenvalue weighted by Gasteiger charge is 2.06. The highest BCUT2D eigenvalue weighted by atomic mass is 32.1. The maximum atomic E-state index is 9.80. The van der Waals surface area contributed by atoms with Gasteiger partial charge in [0.05, 0.1) is 0 Å². The summed E-state index contributed by atoms with van der Waals surface area (Å²) in [7, 11) is 0. The maximum absolute atomic E-state index is 9.80. The first kappa shape index (κ1) is 7.02. The van der Waals surface area contributed by atoms with Crippen molar-refractivity contribution in [3.05, 3.63) is 5.92 Å². The van der Waals surface area contributed by atoms with Gasteiger partial charge in [-0.05, 0) is 6.42 Å². The van der Waals surface area contributed by atoms with Crippen molar-refractivity contribution in [3.63, 3.8) is 0 Å². The minimum atomic E-state index is 0.647. The van der Waals surface area contributed by atoms with Crippen LogP contribution in [0, 0.1) is 5.92 Å². The molecule has 1 nitrogen and oxygen atoms in total. The Balaban J connectivity index is 2.98. The van der Waals surface area contributed by atoms with E-state index in [1.807, 2.05) is 6.92 Å². The van der Waals surface area contributed by atoms with Crippen molar-refractivity contribution in [2.24, 2.45) is 0 Å². The molecule has 0 rings (SSSR count). The fourth-order valence-corrected chi connectivity index (χ4v) is 0.608. The van der Waals surface area contributed by atoms with Crippen molar-refractivity contribution >= 4 is 11.7 Å². The lowest BCUT2D eigenvalue weighted by atomic mass is 10.2. The van der Waals surface area contributed by atoms with E-state index in [1.54, 1.807) is 0 Å². The second kappa shape index (κ2) is 4.19. The van der Waals surface area contributed by atoms with Gasteiger partial charge >= 0.3 is 11.7 Å². The molecule has 0 aliphatic carbocycles. The van der Waals surface area contributed by atoms with Crippen LogP contribution in [-0.4, -0.2) is 5.75 Å². The second-order valence-electron chi connectivity index (χ2n) is 1.57. The molecule has 0 N–H and O–H groups in total. The van der Waals surface area contributed by atoms with Crippen LogP contribution in [0.15, 0.2) is 0 Å². The summed E-state index contributed by atoms with van der Waals surface area (Å²) in [5.74, 6) is 1.95. The van der Waals surface area contributed by atoms with Crippen LogP contribution < -0.4 is 0 Å². The maximum Gasteiger partial charge on any atom is 0.459 e. The standard InChI is InChI=1S/C5H10OS/c1-3-5(2)4-7-6/h3-4H2,1-2H3/q+1. The minimum Gasteiger partial charge on any atom is -0.0646 e. The molecule has 0 fully saturated rings. The molecule has 0 bridgehead atoms. The lowest BCUT2D eigenvalue weighted by molar-refractivity contribution is 0.604. The molecule has 0 aliphatic rings. The van der Waals surface area contributed by atoms with Crippen LogP contribution in [0.1, 0.15) is 20.3 Å². The smallest absolute Gasteiger partial charge is 0.0646 e. The van der Waals surface area contributed by atoms with E-state index >= 15 is 0 Å². The summed E-state index contributed by atoms with van der Waals surface area (Å²) in [5, 5.41) is 0. The first-order valence-corrected chi connectivity index (χ1v) is 3.28. The predicted octanol–water partition coefficient (Wildman–Crippen LogP) is 1.42. The molecule has 0 spiro atoms. The van der Waals surface area contributed by atoms with Gasteiger partial charge in [-0.1, -0.05) is 13.8 Å². The van der Waals surface area contributed by atoms with E-state index < -0.39 is 0 Å². The van der Waals surface area contributed by atoms with E-state index in [1.165, 1.54) is 5.92 Å². The van der Waals surface area contributed by atoms with Crippen LogP contribution in [0.4, 0.5) is 0 Å². The quantitative estimate of drug-likeness (QED) is 0.512. The Morgan fingerprint density at radius 3 is 2.43 bits per heavy atom. The first-order valence-electron chi connectivity index (χ1n) is 2.37. The zero-order valence-electron chi connectivity index (χ0n) is 4.73. The van der Waals surface area contributed by atoms with E-state index in [9.17, 15) is 4.21 Å².